The Morgan fingerprint density at radius 3 is 2.94 bits per heavy atom. The molecule has 0 saturated carbocycles. The molecule has 1 aromatic carbocycles. The zero-order valence-electron chi connectivity index (χ0n) is 10.6. The third-order valence-corrected chi connectivity index (χ3v) is 2.59. The fraction of sp³-hybridized carbons (Fsp3) is 0.538. The maximum atomic E-state index is 5.63. The van der Waals surface area contributed by atoms with Crippen molar-refractivity contribution < 1.29 is 18.9 Å². The van der Waals surface area contributed by atoms with Gasteiger partial charge in [0.25, 0.3) is 0 Å². The molecule has 1 N–H and O–H groups in total. The molecule has 18 heavy (non-hydrogen) atoms. The maximum absolute atomic E-state index is 5.63. The largest absolute Gasteiger partial charge is 0.493 e. The first-order valence-electron chi connectivity index (χ1n) is 6.12. The molecule has 0 fully saturated rings. The van der Waals surface area contributed by atoms with E-state index >= 15 is 0 Å². The van der Waals surface area contributed by atoms with Gasteiger partial charge in [0.05, 0.1) is 13.2 Å². The molecule has 1 aliphatic rings. The highest BCUT2D eigenvalue weighted by molar-refractivity contribution is 5.46. The standard InChI is InChI=1S/C13H19NO4/c1-15-8-6-14-5-2-7-16-11-3-4-12-13(9-11)18-10-17-12/h3-4,9,14H,2,5-8,10H2,1H3. The van der Waals surface area contributed by atoms with Gasteiger partial charge in [-0.2, -0.15) is 0 Å². The fourth-order valence-corrected chi connectivity index (χ4v) is 1.65. The summed E-state index contributed by atoms with van der Waals surface area (Å²) in [7, 11) is 1.70. The van der Waals surface area contributed by atoms with Crippen LogP contribution < -0.4 is 19.5 Å². The number of ether oxygens (including phenoxy) is 4. The van der Waals surface area contributed by atoms with Gasteiger partial charge in [0.15, 0.2) is 11.5 Å². The predicted molar refractivity (Wildman–Crippen MR) is 67.4 cm³/mol. The van der Waals surface area contributed by atoms with Crippen LogP contribution in [0.25, 0.3) is 0 Å². The molecule has 100 valence electrons. The third-order valence-electron chi connectivity index (χ3n) is 2.59. The molecule has 0 spiro atoms. The minimum atomic E-state index is 0.294. The van der Waals surface area contributed by atoms with E-state index in [2.05, 4.69) is 5.32 Å². The summed E-state index contributed by atoms with van der Waals surface area (Å²) in [5, 5.41) is 3.26. The van der Waals surface area contributed by atoms with Crippen LogP contribution in [0.1, 0.15) is 6.42 Å². The van der Waals surface area contributed by atoms with Crippen LogP contribution in [0.4, 0.5) is 0 Å². The lowest BCUT2D eigenvalue weighted by Crippen LogP contribution is -2.21. The highest BCUT2D eigenvalue weighted by Gasteiger charge is 2.13. The van der Waals surface area contributed by atoms with E-state index < -0.39 is 0 Å². The third kappa shape index (κ3) is 3.78. The molecule has 2 rings (SSSR count). The number of hydrogen-bond acceptors (Lipinski definition) is 5. The number of hydrogen-bond donors (Lipinski definition) is 1. The summed E-state index contributed by atoms with van der Waals surface area (Å²) in [4.78, 5) is 0. The van der Waals surface area contributed by atoms with Crippen LogP contribution in [0.5, 0.6) is 17.2 Å². The van der Waals surface area contributed by atoms with Crippen molar-refractivity contribution in [3.63, 3.8) is 0 Å². The van der Waals surface area contributed by atoms with Gasteiger partial charge in [-0.05, 0) is 25.1 Å². The van der Waals surface area contributed by atoms with Gasteiger partial charge in [0, 0.05) is 19.7 Å². The minimum Gasteiger partial charge on any atom is -0.493 e. The van der Waals surface area contributed by atoms with Gasteiger partial charge < -0.3 is 24.3 Å². The normalized spacial score (nSPS) is 12.7. The van der Waals surface area contributed by atoms with E-state index in [-0.39, 0.29) is 0 Å². The van der Waals surface area contributed by atoms with E-state index in [0.717, 1.165) is 43.4 Å². The molecule has 0 radical (unpaired) electrons. The van der Waals surface area contributed by atoms with Crippen LogP contribution in [0.2, 0.25) is 0 Å². The van der Waals surface area contributed by atoms with Crippen LogP contribution >= 0.6 is 0 Å². The smallest absolute Gasteiger partial charge is 0.231 e. The molecule has 1 heterocycles. The van der Waals surface area contributed by atoms with Crippen LogP contribution in [-0.2, 0) is 4.74 Å². The van der Waals surface area contributed by atoms with E-state index in [0.29, 0.717) is 13.4 Å². The van der Waals surface area contributed by atoms with Crippen LogP contribution in [0, 0.1) is 0 Å². The summed E-state index contributed by atoms with van der Waals surface area (Å²) in [5.74, 6) is 2.35. The lowest BCUT2D eigenvalue weighted by Gasteiger charge is -2.07. The Morgan fingerprint density at radius 2 is 2.06 bits per heavy atom. The van der Waals surface area contributed by atoms with Crippen LogP contribution in [0.15, 0.2) is 18.2 Å². The molecule has 1 aromatic rings. The first kappa shape index (κ1) is 13.0. The van der Waals surface area contributed by atoms with Gasteiger partial charge in [-0.15, -0.1) is 0 Å². The van der Waals surface area contributed by atoms with E-state index in [9.17, 15) is 0 Å². The average Bonchev–Trinajstić information content (AvgIpc) is 2.85. The van der Waals surface area contributed by atoms with Crippen molar-refractivity contribution in [1.82, 2.24) is 5.32 Å². The fourth-order valence-electron chi connectivity index (χ4n) is 1.65. The molecule has 0 aliphatic carbocycles. The molecule has 0 unspecified atom stereocenters. The van der Waals surface area contributed by atoms with E-state index in [1.807, 2.05) is 18.2 Å². The summed E-state index contributed by atoms with van der Waals surface area (Å²) in [6.07, 6.45) is 0.957. The molecule has 5 nitrogen and oxygen atoms in total. The Labute approximate surface area is 107 Å². The number of fused-ring (bicyclic) bond motifs is 1. The lowest BCUT2D eigenvalue weighted by atomic mass is 10.3. The Hall–Kier alpha value is -1.46. The van der Waals surface area contributed by atoms with E-state index in [1.165, 1.54) is 0 Å². The van der Waals surface area contributed by atoms with Gasteiger partial charge in [0.2, 0.25) is 6.79 Å². The van der Waals surface area contributed by atoms with Crippen molar-refractivity contribution in [2.45, 2.75) is 6.42 Å². The molecule has 0 atom stereocenters. The van der Waals surface area contributed by atoms with Gasteiger partial charge >= 0.3 is 0 Å². The first-order valence-corrected chi connectivity index (χ1v) is 6.12. The van der Waals surface area contributed by atoms with Gasteiger partial charge in [-0.25, -0.2) is 0 Å². The van der Waals surface area contributed by atoms with Crippen molar-refractivity contribution in [1.29, 1.82) is 0 Å². The number of methoxy groups -OCH3 is 1. The molecule has 1 aliphatic heterocycles. The summed E-state index contributed by atoms with van der Waals surface area (Å²) in [5.41, 5.74) is 0. The zero-order valence-corrected chi connectivity index (χ0v) is 10.6. The van der Waals surface area contributed by atoms with E-state index in [4.69, 9.17) is 18.9 Å². The second kappa shape index (κ2) is 7.08. The van der Waals surface area contributed by atoms with Crippen molar-refractivity contribution in [2.24, 2.45) is 0 Å². The van der Waals surface area contributed by atoms with E-state index in [1.54, 1.807) is 7.11 Å². The van der Waals surface area contributed by atoms with Gasteiger partial charge in [-0.3, -0.25) is 0 Å². The first-order chi connectivity index (χ1) is 8.90. The molecule has 5 heteroatoms. The highest BCUT2D eigenvalue weighted by atomic mass is 16.7. The van der Waals surface area contributed by atoms with Crippen molar-refractivity contribution >= 4 is 0 Å². The van der Waals surface area contributed by atoms with Crippen molar-refractivity contribution in [2.75, 3.05) is 40.2 Å². The quantitative estimate of drug-likeness (QED) is 0.710. The topological polar surface area (TPSA) is 49.0 Å². The Bertz CT molecular complexity index is 370. The predicted octanol–water partition coefficient (Wildman–Crippen LogP) is 1.42. The summed E-state index contributed by atoms with van der Waals surface area (Å²) < 4.78 is 21.1. The molecule has 0 amide bonds. The second-order valence-corrected chi connectivity index (χ2v) is 3.96. The SMILES string of the molecule is COCCNCCCOc1ccc2c(c1)OCO2. The molecule has 0 bridgehead atoms. The van der Waals surface area contributed by atoms with Crippen LogP contribution in [-0.4, -0.2) is 40.2 Å². The average molecular weight is 253 g/mol. The number of benzene rings is 1. The Balaban J connectivity index is 1.62. The van der Waals surface area contributed by atoms with Crippen LogP contribution in [0.3, 0.4) is 0 Å². The van der Waals surface area contributed by atoms with Gasteiger partial charge in [0.1, 0.15) is 5.75 Å². The summed E-state index contributed by atoms with van der Waals surface area (Å²) in [6.45, 7) is 3.51. The summed E-state index contributed by atoms with van der Waals surface area (Å²) >= 11 is 0. The molecule has 0 saturated heterocycles. The second-order valence-electron chi connectivity index (χ2n) is 3.96. The number of nitrogens with one attached hydrogen (secondary N) is 1. The monoisotopic (exact) mass is 253 g/mol. The zero-order chi connectivity index (χ0) is 12.6. The summed E-state index contributed by atoms with van der Waals surface area (Å²) in [6, 6.07) is 5.63. The molecular weight excluding hydrogens is 234 g/mol. The van der Waals surface area contributed by atoms with Crippen molar-refractivity contribution in [3.05, 3.63) is 18.2 Å². The highest BCUT2D eigenvalue weighted by Crippen LogP contribution is 2.34. The molecular formula is C13H19NO4. The maximum Gasteiger partial charge on any atom is 0.231 e. The number of rotatable bonds is 8. The lowest BCUT2D eigenvalue weighted by molar-refractivity contribution is 0.173. The Morgan fingerprint density at radius 1 is 1.17 bits per heavy atom. The van der Waals surface area contributed by atoms with Gasteiger partial charge in [-0.1, -0.05) is 0 Å². The van der Waals surface area contributed by atoms with Crippen molar-refractivity contribution in [3.8, 4) is 17.2 Å². The minimum absolute atomic E-state index is 0.294. The molecule has 0 aromatic heterocycles. The Kier molecular flexibility index (Phi) is 5.11.